The van der Waals surface area contributed by atoms with E-state index in [-0.39, 0.29) is 30.1 Å². The quantitative estimate of drug-likeness (QED) is 0.426. The van der Waals surface area contributed by atoms with Crippen LogP contribution in [0.1, 0.15) is 63.5 Å². The van der Waals surface area contributed by atoms with Crippen molar-refractivity contribution in [3.8, 4) is 0 Å². The minimum absolute atomic E-state index is 0.0790. The number of rotatable bonds is 7. The molecule has 3 fully saturated rings. The topological polar surface area (TPSA) is 92.5 Å². The van der Waals surface area contributed by atoms with Crippen molar-refractivity contribution in [3.05, 3.63) is 40.3 Å². The number of nitrogens with zero attached hydrogens (tertiary/aromatic N) is 4. The van der Waals surface area contributed by atoms with Gasteiger partial charge in [0.1, 0.15) is 5.65 Å². The summed E-state index contributed by atoms with van der Waals surface area (Å²) in [4.78, 5) is 25.4. The number of likely N-dealkylation sites (tertiary alicyclic amines) is 1. The zero-order valence-corrected chi connectivity index (χ0v) is 22.5. The maximum Gasteiger partial charge on any atom is 0.264 e. The van der Waals surface area contributed by atoms with Gasteiger partial charge in [-0.3, -0.25) is 14.3 Å². The zero-order valence-electron chi connectivity index (χ0n) is 22.5. The maximum absolute atomic E-state index is 14.0. The highest BCUT2D eigenvalue weighted by atomic mass is 19.3. The van der Waals surface area contributed by atoms with Gasteiger partial charge in [-0.25, -0.2) is 13.8 Å². The molecule has 2 aromatic heterocycles. The second-order valence-electron chi connectivity index (χ2n) is 11.8. The molecule has 1 saturated carbocycles. The fourth-order valence-electron chi connectivity index (χ4n) is 6.27. The highest BCUT2D eigenvalue weighted by Crippen LogP contribution is 2.39. The third-order valence-corrected chi connectivity index (χ3v) is 9.01. The molecule has 2 saturated heterocycles. The van der Waals surface area contributed by atoms with Crippen LogP contribution in [-0.4, -0.2) is 69.4 Å². The molecule has 39 heavy (non-hydrogen) atoms. The molecule has 10 heteroatoms. The highest BCUT2D eigenvalue weighted by Gasteiger charge is 2.41. The number of aromatic nitrogens is 3. The number of aliphatic hydroxyl groups excluding tert-OH is 1. The summed E-state index contributed by atoms with van der Waals surface area (Å²) in [6.45, 7) is 5.44. The van der Waals surface area contributed by atoms with Gasteiger partial charge in [-0.05, 0) is 68.6 Å². The lowest BCUT2D eigenvalue weighted by Crippen LogP contribution is -2.50. The standard InChI is InChI=1S/C29H37F2N5O3/c1-2-29(30,31)16-33-27-32-14-24-22-8-3-19(15-35-11-9-28(10-12-35)17-39-18-28)13-23(22)26(38)36(25(24)34-27)20-4-6-21(37)7-5-20/h3,8,13-14,20-21,37H,2,4-7,9-12,15-18H2,1H3,(H,32,33,34)/t20-,21-. The van der Waals surface area contributed by atoms with Gasteiger partial charge in [-0.15, -0.1) is 0 Å². The van der Waals surface area contributed by atoms with Crippen LogP contribution in [0, 0.1) is 5.41 Å². The number of hydrogen-bond acceptors (Lipinski definition) is 7. The van der Waals surface area contributed by atoms with Crippen LogP contribution in [0.2, 0.25) is 0 Å². The summed E-state index contributed by atoms with van der Waals surface area (Å²) < 4.78 is 35.0. The number of aliphatic hydroxyl groups is 1. The molecule has 0 radical (unpaired) electrons. The van der Waals surface area contributed by atoms with E-state index in [0.29, 0.717) is 42.1 Å². The van der Waals surface area contributed by atoms with Crippen LogP contribution in [-0.2, 0) is 11.3 Å². The first-order valence-corrected chi connectivity index (χ1v) is 14.2. The van der Waals surface area contributed by atoms with E-state index in [1.165, 1.54) is 6.92 Å². The van der Waals surface area contributed by atoms with Gasteiger partial charge < -0.3 is 15.2 Å². The van der Waals surface area contributed by atoms with Gasteiger partial charge >= 0.3 is 0 Å². The lowest BCUT2D eigenvalue weighted by molar-refractivity contribution is -0.140. The van der Waals surface area contributed by atoms with Crippen LogP contribution in [0.25, 0.3) is 21.8 Å². The lowest BCUT2D eigenvalue weighted by atomic mass is 9.77. The number of benzene rings is 1. The predicted octanol–water partition coefficient (Wildman–Crippen LogP) is 4.49. The average molecular weight is 542 g/mol. The van der Waals surface area contributed by atoms with Crippen LogP contribution in [0.15, 0.2) is 29.2 Å². The van der Waals surface area contributed by atoms with Crippen molar-refractivity contribution in [1.29, 1.82) is 0 Å². The van der Waals surface area contributed by atoms with Crippen molar-refractivity contribution < 1.29 is 18.6 Å². The number of alkyl halides is 2. The van der Waals surface area contributed by atoms with Crippen molar-refractivity contribution in [1.82, 2.24) is 19.4 Å². The van der Waals surface area contributed by atoms with E-state index in [2.05, 4.69) is 26.3 Å². The van der Waals surface area contributed by atoms with Crippen molar-refractivity contribution in [3.63, 3.8) is 0 Å². The third kappa shape index (κ3) is 5.26. The lowest BCUT2D eigenvalue weighted by Gasteiger charge is -2.47. The molecule has 0 amide bonds. The van der Waals surface area contributed by atoms with Crippen LogP contribution >= 0.6 is 0 Å². The fraction of sp³-hybridized carbons (Fsp3) is 0.621. The summed E-state index contributed by atoms with van der Waals surface area (Å²) in [6.07, 6.45) is 5.79. The molecule has 2 aliphatic heterocycles. The Morgan fingerprint density at radius 1 is 1.13 bits per heavy atom. The minimum atomic E-state index is -2.88. The van der Waals surface area contributed by atoms with Gasteiger partial charge in [0.25, 0.3) is 11.5 Å². The second-order valence-corrected chi connectivity index (χ2v) is 11.8. The SMILES string of the molecule is CCC(F)(F)CNc1ncc2c3ccc(CN4CCC5(CC4)COC5)cc3c(=O)n([C@H]3CC[C@H](O)CC3)c2n1. The number of fused-ring (bicyclic) bond motifs is 3. The normalized spacial score (nSPS) is 23.8. The minimum Gasteiger partial charge on any atom is -0.393 e. The van der Waals surface area contributed by atoms with Gasteiger partial charge in [0.15, 0.2) is 0 Å². The Labute approximate surface area is 226 Å². The number of ether oxygens (including phenoxy) is 1. The zero-order chi connectivity index (χ0) is 27.2. The Balaban J connectivity index is 1.36. The Morgan fingerprint density at radius 3 is 2.54 bits per heavy atom. The summed E-state index contributed by atoms with van der Waals surface area (Å²) in [5.41, 5.74) is 1.78. The molecular weight excluding hydrogens is 504 g/mol. The summed E-state index contributed by atoms with van der Waals surface area (Å²) in [7, 11) is 0. The Morgan fingerprint density at radius 2 is 1.87 bits per heavy atom. The summed E-state index contributed by atoms with van der Waals surface area (Å²) in [6, 6.07) is 5.90. The third-order valence-electron chi connectivity index (χ3n) is 9.01. The number of hydrogen-bond donors (Lipinski definition) is 2. The fourth-order valence-corrected chi connectivity index (χ4v) is 6.27. The van der Waals surface area contributed by atoms with E-state index in [1.807, 2.05) is 12.1 Å². The van der Waals surface area contributed by atoms with Gasteiger partial charge in [0.2, 0.25) is 5.95 Å². The number of halogens is 2. The van der Waals surface area contributed by atoms with Gasteiger partial charge in [0.05, 0.1) is 25.9 Å². The molecule has 0 bridgehead atoms. The Kier molecular flexibility index (Phi) is 7.05. The van der Waals surface area contributed by atoms with Crippen LogP contribution in [0.3, 0.4) is 0 Å². The van der Waals surface area contributed by atoms with E-state index in [1.54, 1.807) is 10.8 Å². The first kappa shape index (κ1) is 26.5. The Bertz CT molecular complexity index is 1410. The average Bonchev–Trinajstić information content (AvgIpc) is 2.93. The van der Waals surface area contributed by atoms with Crippen LogP contribution in [0.4, 0.5) is 14.7 Å². The van der Waals surface area contributed by atoms with Gasteiger partial charge in [-0.2, -0.15) is 4.98 Å². The number of pyridine rings is 1. The smallest absolute Gasteiger partial charge is 0.264 e. The first-order chi connectivity index (χ1) is 18.8. The Hall–Kier alpha value is -2.69. The van der Waals surface area contributed by atoms with Gasteiger partial charge in [-0.1, -0.05) is 19.1 Å². The van der Waals surface area contributed by atoms with Crippen molar-refractivity contribution in [2.75, 3.05) is 38.2 Å². The van der Waals surface area contributed by atoms with E-state index in [4.69, 9.17) is 4.74 Å². The van der Waals surface area contributed by atoms with E-state index >= 15 is 0 Å². The maximum atomic E-state index is 14.0. The molecule has 0 atom stereocenters. The summed E-state index contributed by atoms with van der Waals surface area (Å²) in [5, 5.41) is 14.8. The molecule has 2 N–H and O–H groups in total. The van der Waals surface area contributed by atoms with Crippen molar-refractivity contribution in [2.24, 2.45) is 5.41 Å². The largest absolute Gasteiger partial charge is 0.393 e. The predicted molar refractivity (Wildman–Crippen MR) is 146 cm³/mol. The van der Waals surface area contributed by atoms with Crippen LogP contribution in [0.5, 0.6) is 0 Å². The molecule has 8 nitrogen and oxygen atoms in total. The van der Waals surface area contributed by atoms with Crippen LogP contribution < -0.4 is 10.9 Å². The summed E-state index contributed by atoms with van der Waals surface area (Å²) >= 11 is 0. The molecule has 3 aromatic rings. The second kappa shape index (κ2) is 10.4. The molecule has 1 aromatic carbocycles. The molecule has 1 spiro atoms. The molecule has 210 valence electrons. The molecule has 6 rings (SSSR count). The molecule has 4 heterocycles. The van der Waals surface area contributed by atoms with Crippen molar-refractivity contribution in [2.45, 2.75) is 76.5 Å². The number of piperidine rings is 1. The highest BCUT2D eigenvalue weighted by molar-refractivity contribution is 6.04. The molecule has 3 aliphatic rings. The first-order valence-electron chi connectivity index (χ1n) is 14.2. The van der Waals surface area contributed by atoms with E-state index in [0.717, 1.165) is 62.0 Å². The van der Waals surface area contributed by atoms with E-state index in [9.17, 15) is 18.7 Å². The van der Waals surface area contributed by atoms with Crippen molar-refractivity contribution >= 4 is 27.8 Å². The molecule has 0 unspecified atom stereocenters. The molecule has 1 aliphatic carbocycles. The number of nitrogens with one attached hydrogen (secondary N) is 1. The molecular formula is C29H37F2N5O3. The monoisotopic (exact) mass is 541 g/mol. The van der Waals surface area contributed by atoms with E-state index < -0.39 is 12.5 Å². The summed E-state index contributed by atoms with van der Waals surface area (Å²) in [5.74, 6) is -2.80. The van der Waals surface area contributed by atoms with Gasteiger partial charge in [0, 0.05) is 41.4 Å². The number of anilines is 1.